The van der Waals surface area contributed by atoms with Crippen molar-refractivity contribution >= 4 is 17.2 Å². The van der Waals surface area contributed by atoms with Crippen molar-refractivity contribution in [3.8, 4) is 0 Å². The van der Waals surface area contributed by atoms with Crippen molar-refractivity contribution in [2.75, 3.05) is 13.1 Å². The number of carbonyl (C=O) groups excluding carboxylic acids is 1. The lowest BCUT2D eigenvalue weighted by Gasteiger charge is -2.33. The Morgan fingerprint density at radius 1 is 1.38 bits per heavy atom. The molecular weight excluding hydrogens is 344 g/mol. The molecule has 1 saturated heterocycles. The molecule has 5 rings (SSSR count). The predicted octanol–water partition coefficient (Wildman–Crippen LogP) is 2.75. The molecule has 2 fully saturated rings. The third kappa shape index (κ3) is 2.89. The minimum atomic E-state index is 0.0981. The Labute approximate surface area is 158 Å². The van der Waals surface area contributed by atoms with E-state index in [1.807, 2.05) is 6.20 Å². The minimum absolute atomic E-state index is 0.0981. The number of amides is 1. The Morgan fingerprint density at radius 3 is 3.08 bits per heavy atom. The van der Waals surface area contributed by atoms with E-state index < -0.39 is 0 Å². The van der Waals surface area contributed by atoms with Crippen molar-refractivity contribution in [1.82, 2.24) is 20.4 Å². The number of thiophene rings is 1. The molecule has 2 aromatic rings. The fraction of sp³-hybridized carbons (Fsp3) is 0.600. The summed E-state index contributed by atoms with van der Waals surface area (Å²) in [6.45, 7) is 2.96. The molecule has 0 bridgehead atoms. The fourth-order valence-corrected chi connectivity index (χ4v) is 5.66. The minimum Gasteiger partial charge on any atom is -0.335 e. The molecule has 3 aliphatic rings. The molecule has 2 N–H and O–H groups in total. The van der Waals surface area contributed by atoms with Gasteiger partial charge in [-0.3, -0.25) is 9.89 Å². The van der Waals surface area contributed by atoms with Gasteiger partial charge in [-0.15, -0.1) is 0 Å². The number of fused-ring (bicyclic) bond motifs is 1. The zero-order chi connectivity index (χ0) is 17.6. The first-order chi connectivity index (χ1) is 12.8. The van der Waals surface area contributed by atoms with Crippen molar-refractivity contribution in [2.24, 2.45) is 11.3 Å². The van der Waals surface area contributed by atoms with E-state index >= 15 is 0 Å². The third-order valence-electron chi connectivity index (χ3n) is 6.71. The first-order valence-corrected chi connectivity index (χ1v) is 10.7. The lowest BCUT2D eigenvalue weighted by Crippen LogP contribution is -2.43. The van der Waals surface area contributed by atoms with Gasteiger partial charge in [-0.2, -0.15) is 16.4 Å². The second-order valence-electron chi connectivity index (χ2n) is 8.24. The number of hydrogen-bond donors (Lipinski definition) is 2. The molecule has 2 aliphatic carbocycles. The molecule has 5 nitrogen and oxygen atoms in total. The van der Waals surface area contributed by atoms with Crippen LogP contribution in [0.25, 0.3) is 0 Å². The standard InChI is InChI=1S/C20H26N4OS/c25-19(15-1-2-16-11-22-23-17(16)9-15)24(12-14-3-8-26-13-14)18-10-20(18)4-6-21-7-5-20/h3,8,11,13,15,18,21H,1-2,4-7,9-10,12H2,(H,22,23). The molecule has 1 saturated carbocycles. The van der Waals surface area contributed by atoms with E-state index in [0.29, 0.717) is 17.4 Å². The van der Waals surface area contributed by atoms with E-state index in [-0.39, 0.29) is 5.92 Å². The average molecular weight is 371 g/mol. The summed E-state index contributed by atoms with van der Waals surface area (Å²) in [5, 5.41) is 15.0. The summed E-state index contributed by atoms with van der Waals surface area (Å²) in [4.78, 5) is 15.8. The number of piperidine rings is 1. The predicted molar refractivity (Wildman–Crippen MR) is 102 cm³/mol. The van der Waals surface area contributed by atoms with E-state index in [9.17, 15) is 4.79 Å². The Balaban J connectivity index is 1.36. The van der Waals surface area contributed by atoms with Crippen LogP contribution in [0.1, 0.15) is 42.5 Å². The topological polar surface area (TPSA) is 61.0 Å². The van der Waals surface area contributed by atoms with Crippen LogP contribution in [-0.2, 0) is 24.2 Å². The van der Waals surface area contributed by atoms with Crippen molar-refractivity contribution in [3.63, 3.8) is 0 Å². The zero-order valence-electron chi connectivity index (χ0n) is 15.0. The number of aromatic amines is 1. The normalized spacial score (nSPS) is 26.5. The van der Waals surface area contributed by atoms with E-state index in [4.69, 9.17) is 0 Å². The molecule has 1 spiro atoms. The lowest BCUT2D eigenvalue weighted by molar-refractivity contribution is -0.138. The average Bonchev–Trinajstić information content (AvgIpc) is 3.08. The molecule has 6 heteroatoms. The number of carbonyl (C=O) groups is 1. The highest BCUT2D eigenvalue weighted by molar-refractivity contribution is 7.07. The number of nitrogens with zero attached hydrogens (tertiary/aromatic N) is 2. The maximum Gasteiger partial charge on any atom is 0.226 e. The summed E-state index contributed by atoms with van der Waals surface area (Å²) in [5.74, 6) is 0.456. The Hall–Kier alpha value is -1.66. The van der Waals surface area contributed by atoms with Gasteiger partial charge in [0, 0.05) is 30.6 Å². The van der Waals surface area contributed by atoms with E-state index in [1.165, 1.54) is 30.4 Å². The van der Waals surface area contributed by atoms with Crippen molar-refractivity contribution < 1.29 is 4.79 Å². The second kappa shape index (κ2) is 6.50. The van der Waals surface area contributed by atoms with Crippen LogP contribution in [0.2, 0.25) is 0 Å². The lowest BCUT2D eigenvalue weighted by atomic mass is 9.86. The largest absolute Gasteiger partial charge is 0.335 e. The van der Waals surface area contributed by atoms with E-state index in [1.54, 1.807) is 11.3 Å². The molecule has 1 aliphatic heterocycles. The molecule has 0 radical (unpaired) electrons. The number of aromatic nitrogens is 2. The quantitative estimate of drug-likeness (QED) is 0.870. The molecule has 2 aromatic heterocycles. The first kappa shape index (κ1) is 16.5. The maximum absolute atomic E-state index is 13.5. The van der Waals surface area contributed by atoms with Crippen LogP contribution in [0.5, 0.6) is 0 Å². The van der Waals surface area contributed by atoms with Gasteiger partial charge in [0.05, 0.1) is 6.20 Å². The SMILES string of the molecule is O=C(C1CCc2cn[nH]c2C1)N(Cc1ccsc1)C1CC12CCNCC2. The van der Waals surface area contributed by atoms with Gasteiger partial charge in [0.1, 0.15) is 0 Å². The highest BCUT2D eigenvalue weighted by Crippen LogP contribution is 2.56. The van der Waals surface area contributed by atoms with Crippen molar-refractivity contribution in [2.45, 2.75) is 51.1 Å². The summed E-state index contributed by atoms with van der Waals surface area (Å²) in [6, 6.07) is 2.59. The number of aryl methyl sites for hydroxylation is 1. The number of H-pyrrole nitrogens is 1. The van der Waals surface area contributed by atoms with Gasteiger partial charge in [-0.1, -0.05) is 0 Å². The fourth-order valence-electron chi connectivity index (χ4n) is 5.00. The van der Waals surface area contributed by atoms with Gasteiger partial charge >= 0.3 is 0 Å². The molecule has 0 aromatic carbocycles. The number of nitrogens with one attached hydrogen (secondary N) is 2. The first-order valence-electron chi connectivity index (χ1n) is 9.79. The van der Waals surface area contributed by atoms with Crippen LogP contribution in [-0.4, -0.2) is 40.1 Å². The van der Waals surface area contributed by atoms with Crippen LogP contribution >= 0.6 is 11.3 Å². The molecule has 26 heavy (non-hydrogen) atoms. The molecular formula is C20H26N4OS. The van der Waals surface area contributed by atoms with Crippen LogP contribution in [0.15, 0.2) is 23.0 Å². The Morgan fingerprint density at radius 2 is 2.27 bits per heavy atom. The smallest absolute Gasteiger partial charge is 0.226 e. The van der Waals surface area contributed by atoms with Gasteiger partial charge in [0.2, 0.25) is 5.91 Å². The highest BCUT2D eigenvalue weighted by atomic mass is 32.1. The van der Waals surface area contributed by atoms with Crippen molar-refractivity contribution in [1.29, 1.82) is 0 Å². The summed E-state index contributed by atoms with van der Waals surface area (Å²) >= 11 is 1.72. The number of hydrogen-bond acceptors (Lipinski definition) is 4. The number of rotatable bonds is 4. The van der Waals surface area contributed by atoms with Gasteiger partial charge in [-0.25, -0.2) is 0 Å². The third-order valence-corrected chi connectivity index (χ3v) is 7.44. The molecule has 1 amide bonds. The van der Waals surface area contributed by atoms with Gasteiger partial charge in [-0.05, 0) is 78.6 Å². The van der Waals surface area contributed by atoms with Gasteiger partial charge in [0.15, 0.2) is 0 Å². The molecule has 2 unspecified atom stereocenters. The monoisotopic (exact) mass is 370 g/mol. The van der Waals surface area contributed by atoms with Crippen LogP contribution in [0, 0.1) is 11.3 Å². The summed E-state index contributed by atoms with van der Waals surface area (Å²) in [6.07, 6.45) is 8.26. The highest BCUT2D eigenvalue weighted by Gasteiger charge is 2.58. The maximum atomic E-state index is 13.5. The van der Waals surface area contributed by atoms with Crippen LogP contribution in [0.3, 0.4) is 0 Å². The molecule has 138 valence electrons. The van der Waals surface area contributed by atoms with E-state index in [2.05, 4.69) is 37.2 Å². The Kier molecular flexibility index (Phi) is 4.13. The summed E-state index contributed by atoms with van der Waals surface area (Å²) in [5.41, 5.74) is 4.11. The molecule has 2 atom stereocenters. The van der Waals surface area contributed by atoms with Gasteiger partial charge < -0.3 is 10.2 Å². The summed E-state index contributed by atoms with van der Waals surface area (Å²) < 4.78 is 0. The molecule has 3 heterocycles. The second-order valence-corrected chi connectivity index (χ2v) is 9.02. The van der Waals surface area contributed by atoms with Crippen molar-refractivity contribution in [3.05, 3.63) is 39.8 Å². The van der Waals surface area contributed by atoms with E-state index in [0.717, 1.165) is 44.6 Å². The Bertz CT molecular complexity index is 778. The zero-order valence-corrected chi connectivity index (χ0v) is 15.9. The van der Waals surface area contributed by atoms with Crippen LogP contribution in [0.4, 0.5) is 0 Å². The van der Waals surface area contributed by atoms with Crippen LogP contribution < -0.4 is 5.32 Å². The summed E-state index contributed by atoms with van der Waals surface area (Å²) in [7, 11) is 0. The van der Waals surface area contributed by atoms with Gasteiger partial charge in [0.25, 0.3) is 0 Å².